The predicted molar refractivity (Wildman–Crippen MR) is 85.9 cm³/mol. The minimum atomic E-state index is -0.545. The molecular weight excluding hydrogens is 341 g/mol. The summed E-state index contributed by atoms with van der Waals surface area (Å²) in [6.45, 7) is 2.43. The number of nitrogens with zero attached hydrogens (tertiary/aromatic N) is 1. The smallest absolute Gasteiger partial charge is 0.263 e. The van der Waals surface area contributed by atoms with Gasteiger partial charge < -0.3 is 10.6 Å². The van der Waals surface area contributed by atoms with Gasteiger partial charge in [0.15, 0.2) is 0 Å². The summed E-state index contributed by atoms with van der Waals surface area (Å²) in [6, 6.07) is 3.54. The highest BCUT2D eigenvalue weighted by Crippen LogP contribution is 2.28. The van der Waals surface area contributed by atoms with E-state index in [1.54, 1.807) is 6.07 Å². The molecule has 1 aliphatic rings. The first-order valence-electron chi connectivity index (χ1n) is 6.95. The van der Waals surface area contributed by atoms with Crippen LogP contribution in [0.3, 0.4) is 0 Å². The van der Waals surface area contributed by atoms with Crippen LogP contribution in [0.15, 0.2) is 24.4 Å². The molecule has 0 unspecified atom stereocenters. The number of carbonyl (C=O) groups excluding carboxylic acids is 2. The monoisotopic (exact) mass is 353 g/mol. The van der Waals surface area contributed by atoms with E-state index >= 15 is 0 Å². The van der Waals surface area contributed by atoms with Crippen molar-refractivity contribution < 1.29 is 14.0 Å². The van der Waals surface area contributed by atoms with Crippen molar-refractivity contribution in [2.75, 3.05) is 6.54 Å². The number of aromatic nitrogens is 1. The van der Waals surface area contributed by atoms with Crippen molar-refractivity contribution in [2.24, 2.45) is 5.92 Å². The summed E-state index contributed by atoms with van der Waals surface area (Å²) in [5.41, 5.74) is 0.506. The zero-order valence-corrected chi connectivity index (χ0v) is 13.7. The molecule has 1 aliphatic heterocycles. The van der Waals surface area contributed by atoms with E-state index in [0.717, 1.165) is 11.3 Å². The Bertz CT molecular complexity index is 760. The highest BCUT2D eigenvalue weighted by atomic mass is 35.5. The van der Waals surface area contributed by atoms with Crippen molar-refractivity contribution in [1.29, 1.82) is 0 Å². The van der Waals surface area contributed by atoms with Crippen molar-refractivity contribution >= 4 is 34.8 Å². The summed E-state index contributed by atoms with van der Waals surface area (Å²) >= 11 is 6.95. The van der Waals surface area contributed by atoms with Crippen LogP contribution < -0.4 is 10.6 Å². The summed E-state index contributed by atoms with van der Waals surface area (Å²) in [4.78, 5) is 28.4. The summed E-state index contributed by atoms with van der Waals surface area (Å²) in [5.74, 6) is -0.997. The number of carbonyl (C=O) groups is 2. The van der Waals surface area contributed by atoms with Crippen LogP contribution in [0.25, 0.3) is 10.6 Å². The first-order chi connectivity index (χ1) is 10.9. The fraction of sp³-hybridized carbons (Fsp3) is 0.267. The van der Waals surface area contributed by atoms with Crippen molar-refractivity contribution in [3.63, 3.8) is 0 Å². The predicted octanol–water partition coefficient (Wildman–Crippen LogP) is 2.47. The van der Waals surface area contributed by atoms with Crippen LogP contribution in [-0.4, -0.2) is 29.4 Å². The average molecular weight is 354 g/mol. The lowest BCUT2D eigenvalue weighted by Gasteiger charge is -2.13. The third-order valence-corrected chi connectivity index (χ3v) is 4.84. The molecule has 2 N–H and O–H groups in total. The number of hydrogen-bond donors (Lipinski definition) is 2. The van der Waals surface area contributed by atoms with Gasteiger partial charge in [0, 0.05) is 23.0 Å². The Labute approximate surface area is 140 Å². The van der Waals surface area contributed by atoms with E-state index in [9.17, 15) is 14.0 Å². The van der Waals surface area contributed by atoms with Gasteiger partial charge >= 0.3 is 0 Å². The Hall–Kier alpha value is -1.99. The van der Waals surface area contributed by atoms with Gasteiger partial charge in [0.1, 0.15) is 21.7 Å². The van der Waals surface area contributed by atoms with Gasteiger partial charge in [-0.15, -0.1) is 11.3 Å². The maximum atomic E-state index is 13.4. The zero-order valence-electron chi connectivity index (χ0n) is 12.1. The minimum absolute atomic E-state index is 0.0286. The SMILES string of the molecule is C[C@@H]1CNC(=O)[C@H]1NC(=O)c1cnc(-c2cc(F)cc(Cl)c2)s1. The van der Waals surface area contributed by atoms with E-state index in [4.69, 9.17) is 11.6 Å². The van der Waals surface area contributed by atoms with E-state index < -0.39 is 11.9 Å². The lowest BCUT2D eigenvalue weighted by atomic mass is 10.1. The molecule has 1 aromatic carbocycles. The van der Waals surface area contributed by atoms with Gasteiger partial charge in [-0.05, 0) is 18.2 Å². The highest BCUT2D eigenvalue weighted by molar-refractivity contribution is 7.16. The molecule has 0 bridgehead atoms. The van der Waals surface area contributed by atoms with Crippen LogP contribution in [-0.2, 0) is 4.79 Å². The van der Waals surface area contributed by atoms with Crippen LogP contribution in [0, 0.1) is 11.7 Å². The number of amides is 2. The first kappa shape index (κ1) is 15.9. The van der Waals surface area contributed by atoms with Crippen molar-refractivity contribution in [3.05, 3.63) is 40.1 Å². The van der Waals surface area contributed by atoms with Gasteiger partial charge in [0.2, 0.25) is 5.91 Å². The molecule has 8 heteroatoms. The number of rotatable bonds is 3. The Morgan fingerprint density at radius 2 is 2.26 bits per heavy atom. The molecule has 0 radical (unpaired) electrons. The second-order valence-corrected chi connectivity index (χ2v) is 6.83. The summed E-state index contributed by atoms with van der Waals surface area (Å²) in [7, 11) is 0. The molecule has 2 atom stereocenters. The molecule has 3 rings (SSSR count). The summed E-state index contributed by atoms with van der Waals surface area (Å²) in [6.07, 6.45) is 1.41. The highest BCUT2D eigenvalue weighted by Gasteiger charge is 2.33. The topological polar surface area (TPSA) is 71.1 Å². The molecule has 1 aromatic heterocycles. The van der Waals surface area contributed by atoms with Gasteiger partial charge in [-0.25, -0.2) is 9.37 Å². The number of benzene rings is 1. The third-order valence-electron chi connectivity index (χ3n) is 3.58. The maximum absolute atomic E-state index is 13.4. The summed E-state index contributed by atoms with van der Waals surface area (Å²) in [5, 5.41) is 6.15. The Kier molecular flexibility index (Phi) is 4.32. The lowest BCUT2D eigenvalue weighted by Crippen LogP contribution is -2.42. The lowest BCUT2D eigenvalue weighted by molar-refractivity contribution is -0.121. The molecule has 5 nitrogen and oxygen atoms in total. The number of hydrogen-bond acceptors (Lipinski definition) is 4. The molecule has 2 amide bonds. The Morgan fingerprint density at radius 1 is 1.48 bits per heavy atom. The van der Waals surface area contributed by atoms with E-state index in [1.165, 1.54) is 18.3 Å². The molecule has 23 heavy (non-hydrogen) atoms. The molecule has 0 spiro atoms. The molecule has 2 aromatic rings. The molecule has 1 saturated heterocycles. The molecule has 0 saturated carbocycles. The average Bonchev–Trinajstić information content (AvgIpc) is 3.09. The molecule has 0 aliphatic carbocycles. The second kappa shape index (κ2) is 6.25. The van der Waals surface area contributed by atoms with E-state index in [0.29, 0.717) is 22.0 Å². The van der Waals surface area contributed by atoms with Gasteiger partial charge in [-0.2, -0.15) is 0 Å². The normalized spacial score (nSPS) is 20.4. The van der Waals surface area contributed by atoms with E-state index in [1.807, 2.05) is 6.92 Å². The summed E-state index contributed by atoms with van der Waals surface area (Å²) < 4.78 is 13.4. The molecule has 2 heterocycles. The Morgan fingerprint density at radius 3 is 2.91 bits per heavy atom. The number of thiazole rings is 1. The second-order valence-electron chi connectivity index (χ2n) is 5.36. The fourth-order valence-corrected chi connectivity index (χ4v) is 3.39. The minimum Gasteiger partial charge on any atom is -0.354 e. The largest absolute Gasteiger partial charge is 0.354 e. The van der Waals surface area contributed by atoms with E-state index in [2.05, 4.69) is 15.6 Å². The third kappa shape index (κ3) is 3.35. The standard InChI is InChI=1S/C15H13ClFN3O2S/c1-7-5-18-14(22)12(7)20-13(21)11-6-19-15(23-11)8-2-9(16)4-10(17)3-8/h2-4,6-7,12H,5H2,1H3,(H,18,22)(H,20,21)/t7-,12+/m1/s1. The molecule has 1 fully saturated rings. The van der Waals surface area contributed by atoms with Crippen LogP contribution >= 0.6 is 22.9 Å². The van der Waals surface area contributed by atoms with Crippen LogP contribution in [0.4, 0.5) is 4.39 Å². The van der Waals surface area contributed by atoms with E-state index in [-0.39, 0.29) is 22.8 Å². The quantitative estimate of drug-likeness (QED) is 0.890. The number of nitrogens with one attached hydrogen (secondary N) is 2. The van der Waals surface area contributed by atoms with Gasteiger partial charge in [0.25, 0.3) is 5.91 Å². The maximum Gasteiger partial charge on any atom is 0.263 e. The van der Waals surface area contributed by atoms with Crippen molar-refractivity contribution in [1.82, 2.24) is 15.6 Å². The van der Waals surface area contributed by atoms with Gasteiger partial charge in [-0.1, -0.05) is 18.5 Å². The van der Waals surface area contributed by atoms with Crippen LogP contribution in [0.1, 0.15) is 16.6 Å². The first-order valence-corrected chi connectivity index (χ1v) is 8.14. The van der Waals surface area contributed by atoms with Crippen LogP contribution in [0.5, 0.6) is 0 Å². The molecule has 120 valence electrons. The van der Waals surface area contributed by atoms with Crippen molar-refractivity contribution in [2.45, 2.75) is 13.0 Å². The fourth-order valence-electron chi connectivity index (χ4n) is 2.36. The van der Waals surface area contributed by atoms with Crippen LogP contribution in [0.2, 0.25) is 5.02 Å². The zero-order chi connectivity index (χ0) is 16.6. The van der Waals surface area contributed by atoms with Gasteiger partial charge in [-0.3, -0.25) is 9.59 Å². The number of halogens is 2. The van der Waals surface area contributed by atoms with Gasteiger partial charge in [0.05, 0.1) is 6.20 Å². The Balaban J connectivity index is 1.78. The van der Waals surface area contributed by atoms with Crippen molar-refractivity contribution in [3.8, 4) is 10.6 Å². The molecular formula is C15H13ClFN3O2S.